The Morgan fingerprint density at radius 2 is 2.10 bits per heavy atom. The van der Waals surface area contributed by atoms with E-state index in [9.17, 15) is 9.59 Å². The number of carbonyl (C=O) groups excluding carboxylic acids is 1. The van der Waals surface area contributed by atoms with Crippen molar-refractivity contribution < 1.29 is 24.2 Å². The molecule has 1 N–H and O–H groups in total. The number of likely N-dealkylation sites (tertiary alicyclic amines) is 1. The first-order valence-corrected chi connectivity index (χ1v) is 6.71. The van der Waals surface area contributed by atoms with Crippen LogP contribution in [-0.4, -0.2) is 54.3 Å². The van der Waals surface area contributed by atoms with Gasteiger partial charge in [0.05, 0.1) is 25.8 Å². The molecule has 0 saturated carbocycles. The summed E-state index contributed by atoms with van der Waals surface area (Å²) in [6.45, 7) is 2.08. The minimum absolute atomic E-state index is 0.195. The van der Waals surface area contributed by atoms with E-state index in [0.717, 1.165) is 0 Å². The fourth-order valence-corrected chi connectivity index (χ4v) is 2.41. The number of carbonyl (C=O) groups is 2. The first kappa shape index (κ1) is 15.6. The van der Waals surface area contributed by atoms with Gasteiger partial charge in [-0.05, 0) is 25.1 Å². The second kappa shape index (κ2) is 5.91. The Morgan fingerprint density at radius 3 is 2.67 bits per heavy atom. The zero-order valence-electron chi connectivity index (χ0n) is 11.8. The Labute approximate surface area is 127 Å². The van der Waals surface area contributed by atoms with E-state index in [2.05, 4.69) is 0 Å². The topological polar surface area (TPSA) is 76.1 Å². The summed E-state index contributed by atoms with van der Waals surface area (Å²) < 4.78 is 10.4. The number of nitrogens with zero attached hydrogens (tertiary/aromatic N) is 1. The average Bonchev–Trinajstić information content (AvgIpc) is 2.41. The molecule has 21 heavy (non-hydrogen) atoms. The van der Waals surface area contributed by atoms with Crippen LogP contribution in [0.3, 0.4) is 0 Å². The number of hydrogen-bond donors (Lipinski definition) is 1. The van der Waals surface area contributed by atoms with Crippen LogP contribution in [0, 0.1) is 0 Å². The number of ether oxygens (including phenoxy) is 2. The van der Waals surface area contributed by atoms with Gasteiger partial charge in [-0.3, -0.25) is 4.79 Å². The van der Waals surface area contributed by atoms with Crippen LogP contribution in [0.1, 0.15) is 17.3 Å². The number of carboxylic acid groups (broad SMARTS) is 1. The smallest absolute Gasteiger partial charge is 0.329 e. The van der Waals surface area contributed by atoms with E-state index >= 15 is 0 Å². The summed E-state index contributed by atoms with van der Waals surface area (Å²) in [5.74, 6) is -0.812. The van der Waals surface area contributed by atoms with E-state index in [1.807, 2.05) is 0 Å². The lowest BCUT2D eigenvalue weighted by Gasteiger charge is -2.47. The normalized spacial score (nSPS) is 16.2. The number of rotatable bonds is 5. The molecule has 1 aliphatic rings. The number of methoxy groups -OCH3 is 1. The van der Waals surface area contributed by atoms with Gasteiger partial charge in [0, 0.05) is 5.02 Å². The van der Waals surface area contributed by atoms with Crippen molar-refractivity contribution in [3.63, 3.8) is 0 Å². The Bertz CT molecular complexity index is 568. The zero-order chi connectivity index (χ0) is 15.6. The Morgan fingerprint density at radius 1 is 1.43 bits per heavy atom. The van der Waals surface area contributed by atoms with Gasteiger partial charge in [0.2, 0.25) is 0 Å². The SMILES string of the molecule is COc1cc(Cl)ccc1C(=O)N1CC(C)(OCC(=O)O)C1. The van der Waals surface area contributed by atoms with E-state index in [4.69, 9.17) is 26.2 Å². The minimum Gasteiger partial charge on any atom is -0.496 e. The fourth-order valence-electron chi connectivity index (χ4n) is 2.24. The van der Waals surface area contributed by atoms with E-state index in [-0.39, 0.29) is 12.5 Å². The lowest BCUT2D eigenvalue weighted by atomic mass is 9.95. The van der Waals surface area contributed by atoms with Gasteiger partial charge in [0.15, 0.2) is 0 Å². The Kier molecular flexibility index (Phi) is 4.39. The molecule has 1 amide bonds. The lowest BCUT2D eigenvalue weighted by Crippen LogP contribution is -2.63. The molecule has 6 nitrogen and oxygen atoms in total. The molecule has 114 valence electrons. The van der Waals surface area contributed by atoms with E-state index in [0.29, 0.717) is 29.4 Å². The summed E-state index contributed by atoms with van der Waals surface area (Å²) >= 11 is 5.86. The van der Waals surface area contributed by atoms with Crippen LogP contribution in [0.2, 0.25) is 5.02 Å². The largest absolute Gasteiger partial charge is 0.496 e. The summed E-state index contributed by atoms with van der Waals surface area (Å²) in [6.07, 6.45) is 0. The summed E-state index contributed by atoms with van der Waals surface area (Å²) in [4.78, 5) is 24.5. The van der Waals surface area contributed by atoms with Crippen LogP contribution in [0.5, 0.6) is 5.75 Å². The third kappa shape index (κ3) is 3.46. The Balaban J connectivity index is 2.02. The van der Waals surface area contributed by atoms with Crippen molar-refractivity contribution >= 4 is 23.5 Å². The van der Waals surface area contributed by atoms with Crippen LogP contribution >= 0.6 is 11.6 Å². The molecule has 1 aromatic carbocycles. The summed E-state index contributed by atoms with van der Waals surface area (Å²) in [6, 6.07) is 4.81. The maximum atomic E-state index is 12.4. The molecular weight excluding hydrogens is 298 g/mol. The molecule has 1 aliphatic heterocycles. The maximum Gasteiger partial charge on any atom is 0.329 e. The van der Waals surface area contributed by atoms with Crippen molar-refractivity contribution in [2.45, 2.75) is 12.5 Å². The summed E-state index contributed by atoms with van der Waals surface area (Å²) in [5, 5.41) is 9.10. The molecule has 2 rings (SSSR count). The summed E-state index contributed by atoms with van der Waals surface area (Å²) in [7, 11) is 1.47. The molecule has 1 saturated heterocycles. The monoisotopic (exact) mass is 313 g/mol. The van der Waals surface area contributed by atoms with Crippen molar-refractivity contribution in [2.24, 2.45) is 0 Å². The van der Waals surface area contributed by atoms with Crippen LogP contribution in [-0.2, 0) is 9.53 Å². The highest BCUT2D eigenvalue weighted by molar-refractivity contribution is 6.30. The van der Waals surface area contributed by atoms with Crippen molar-refractivity contribution in [1.29, 1.82) is 0 Å². The number of carboxylic acids is 1. The van der Waals surface area contributed by atoms with Crippen LogP contribution in [0.25, 0.3) is 0 Å². The van der Waals surface area contributed by atoms with Crippen LogP contribution < -0.4 is 4.74 Å². The lowest BCUT2D eigenvalue weighted by molar-refractivity contribution is -0.159. The van der Waals surface area contributed by atoms with Gasteiger partial charge in [-0.25, -0.2) is 4.79 Å². The third-order valence-corrected chi connectivity index (χ3v) is 3.51. The highest BCUT2D eigenvalue weighted by atomic mass is 35.5. The zero-order valence-corrected chi connectivity index (χ0v) is 12.5. The molecule has 0 atom stereocenters. The van der Waals surface area contributed by atoms with Gasteiger partial charge >= 0.3 is 5.97 Å². The van der Waals surface area contributed by atoms with Gasteiger partial charge in [-0.2, -0.15) is 0 Å². The van der Waals surface area contributed by atoms with Gasteiger partial charge < -0.3 is 19.5 Å². The van der Waals surface area contributed by atoms with Crippen LogP contribution in [0.15, 0.2) is 18.2 Å². The van der Waals surface area contributed by atoms with Crippen LogP contribution in [0.4, 0.5) is 0 Å². The van der Waals surface area contributed by atoms with Gasteiger partial charge in [0.1, 0.15) is 18.0 Å². The van der Waals surface area contributed by atoms with Crippen molar-refractivity contribution in [3.8, 4) is 5.75 Å². The highest BCUT2D eigenvalue weighted by Crippen LogP contribution is 2.30. The number of halogens is 1. The van der Waals surface area contributed by atoms with Gasteiger partial charge in [0.25, 0.3) is 5.91 Å². The van der Waals surface area contributed by atoms with E-state index < -0.39 is 11.6 Å². The number of amides is 1. The highest BCUT2D eigenvalue weighted by Gasteiger charge is 2.43. The Hall–Kier alpha value is -1.79. The summed E-state index contributed by atoms with van der Waals surface area (Å²) in [5.41, 5.74) is -0.199. The van der Waals surface area contributed by atoms with E-state index in [1.165, 1.54) is 7.11 Å². The maximum absolute atomic E-state index is 12.4. The average molecular weight is 314 g/mol. The fraction of sp³-hybridized carbons (Fsp3) is 0.429. The number of benzene rings is 1. The molecule has 0 aliphatic carbocycles. The van der Waals surface area contributed by atoms with Crippen molar-refractivity contribution in [2.75, 3.05) is 26.8 Å². The van der Waals surface area contributed by atoms with Gasteiger partial charge in [-0.15, -0.1) is 0 Å². The number of hydrogen-bond acceptors (Lipinski definition) is 4. The molecule has 0 radical (unpaired) electrons. The first-order valence-electron chi connectivity index (χ1n) is 6.33. The molecule has 1 fully saturated rings. The minimum atomic E-state index is -1.03. The molecule has 0 aromatic heterocycles. The first-order chi connectivity index (χ1) is 9.84. The van der Waals surface area contributed by atoms with Crippen molar-refractivity contribution in [1.82, 2.24) is 4.90 Å². The molecular formula is C14H16ClNO5. The molecule has 0 unspecified atom stereocenters. The molecule has 1 aromatic rings. The second-order valence-electron chi connectivity index (χ2n) is 5.14. The standard InChI is InChI=1S/C14H16ClNO5/c1-14(21-6-12(17)18)7-16(8-14)13(19)10-4-3-9(15)5-11(10)20-2/h3-5H,6-8H2,1-2H3,(H,17,18). The van der Waals surface area contributed by atoms with Crippen molar-refractivity contribution in [3.05, 3.63) is 28.8 Å². The molecule has 0 spiro atoms. The number of aliphatic carboxylic acids is 1. The molecule has 7 heteroatoms. The quantitative estimate of drug-likeness (QED) is 0.894. The van der Waals surface area contributed by atoms with Gasteiger partial charge in [-0.1, -0.05) is 11.6 Å². The third-order valence-electron chi connectivity index (χ3n) is 3.28. The second-order valence-corrected chi connectivity index (χ2v) is 5.57. The molecule has 0 bridgehead atoms. The van der Waals surface area contributed by atoms with E-state index in [1.54, 1.807) is 30.0 Å². The predicted octanol–water partition coefficient (Wildman–Crippen LogP) is 1.66. The predicted molar refractivity (Wildman–Crippen MR) is 75.9 cm³/mol. The molecule has 1 heterocycles.